The van der Waals surface area contributed by atoms with Crippen LogP contribution in [0.1, 0.15) is 223 Å². The summed E-state index contributed by atoms with van der Waals surface area (Å²) in [6.45, 7) is -1.69. The Balaban J connectivity index is 0.000000138. The molecular formula is C116H120N8O20S2. The van der Waals surface area contributed by atoms with Crippen molar-refractivity contribution in [2.75, 3.05) is 26.4 Å². The quantitative estimate of drug-likeness (QED) is 0.0257. The third-order valence-electron chi connectivity index (χ3n) is 25.1. The van der Waals surface area contributed by atoms with Crippen molar-refractivity contribution < 1.29 is 92.7 Å². The number of carbonyl (C=O) groups excluding carboxylic acids is 8. The molecule has 4 N–H and O–H groups in total. The molecule has 0 spiro atoms. The molecule has 4 saturated carbocycles. The highest BCUT2D eigenvalue weighted by molar-refractivity contribution is 7.05. The predicted octanol–water partition coefficient (Wildman–Crippen LogP) is 23.2. The lowest BCUT2D eigenvalue weighted by molar-refractivity contribution is -0.124. The average molecular weight is 2020 g/mol. The van der Waals surface area contributed by atoms with E-state index in [9.17, 15) is 47.9 Å². The van der Waals surface area contributed by atoms with Crippen LogP contribution in [0.2, 0.25) is 0 Å². The van der Waals surface area contributed by atoms with Gasteiger partial charge in [0.1, 0.15) is 46.0 Å². The summed E-state index contributed by atoms with van der Waals surface area (Å²) in [5.74, 6) is 3.33. The van der Waals surface area contributed by atoms with Gasteiger partial charge in [0, 0.05) is 139 Å². The van der Waals surface area contributed by atoms with Crippen LogP contribution in [0.4, 0.5) is 9.59 Å². The van der Waals surface area contributed by atoms with E-state index >= 15 is 0 Å². The fourth-order valence-corrected chi connectivity index (χ4v) is 18.1. The fourth-order valence-electron chi connectivity index (χ4n) is 16.7. The Kier molecular flexibility index (Phi) is 33.1. The maximum absolute atomic E-state index is 13.6. The molecule has 2 atom stereocenters. The molecule has 20 rings (SSSR count). The number of ether oxygens (including phenoxy) is 6. The SMILES string of the molecule is [2H]C([2H])(c1ccccc1OCCCCCC1OC(=O)NC1=O)N(C(=O)c1ccc(-c2ccco2)cc1)C1CC1.[2H]C([2H])(c1ccccc1OCCCCCc1cc(=O)[nH]s1)N(C(=O)c1ccc(-c2ccco2)cc1)C1CC1.[2H]C1(N(Cc2ccccc2OCCCCCC2OC(=O)NC2=O)C(=O)c2ccc(-c3ccco3)cc2)CC1.[2H]C1(N(Cc2ccccc2OCCCCCc2cc(=O)[nH]s2)C(=O)c2ccc(-c3ccco3)cc2)CC1. The molecule has 756 valence electrons. The summed E-state index contributed by atoms with van der Waals surface area (Å²) in [5, 5.41) is 4.25. The molecule has 2 aliphatic heterocycles. The number of nitrogens with one attached hydrogen (secondary N) is 4. The molecule has 0 bridgehead atoms. The summed E-state index contributed by atoms with van der Waals surface area (Å²) in [4.78, 5) is 130. The molecule has 6 aromatic heterocycles. The van der Waals surface area contributed by atoms with E-state index in [1.807, 2.05) is 133 Å². The molecule has 8 aromatic carbocycles. The van der Waals surface area contributed by atoms with Crippen LogP contribution in [-0.2, 0) is 58.0 Å². The Labute approximate surface area is 863 Å². The van der Waals surface area contributed by atoms with Crippen LogP contribution < -0.4 is 40.7 Å². The molecule has 4 aliphatic carbocycles. The van der Waals surface area contributed by atoms with Crippen molar-refractivity contribution in [1.82, 2.24) is 39.0 Å². The summed E-state index contributed by atoms with van der Waals surface area (Å²) in [6.07, 6.45) is 21.9. The Bertz CT molecular complexity index is 7070. The van der Waals surface area contributed by atoms with Crippen molar-refractivity contribution in [3.05, 3.63) is 355 Å². The topological polar surface area (TPSA) is 347 Å². The molecule has 0 radical (unpaired) electrons. The largest absolute Gasteiger partial charge is 0.493 e. The number of aromatic nitrogens is 2. The number of hydrogen-bond acceptors (Lipinski definition) is 22. The van der Waals surface area contributed by atoms with Crippen LogP contribution in [0.5, 0.6) is 23.0 Å². The van der Waals surface area contributed by atoms with Gasteiger partial charge in [-0.1, -0.05) is 144 Å². The van der Waals surface area contributed by atoms with E-state index < -0.39 is 55.3 Å². The standard InChI is InChI=1S/2C29H30N2O6.2C29H30N2O4S/c2*32-27-26(37-29(34)30-27)9-2-1-5-17-35-25-8-4-3-7-22(25)19-31(23-15-16-23)28(33)21-13-11-20(12-14-21)24-10-6-18-36-24;2*32-28-19-25(36-30-28)8-2-1-5-17-34-27-9-4-3-7-23(27)20-31(24-15-16-24)29(33)22-13-11-21(12-14-22)26-10-6-18-35-26/h2*3-4,6-8,10-14,18,23,26H,1-2,5,9,15-17,19H2,(H,30,32,34);2*3-4,6-7,9-14,18-19,24H,1-2,5,8,15-17,20H2,(H,30,32)/i23D;19D2;24D;20D2. The Morgan fingerprint density at radius 1 is 0.329 bits per heavy atom. The third-order valence-corrected chi connectivity index (χ3v) is 26.9. The van der Waals surface area contributed by atoms with Crippen molar-refractivity contribution in [3.63, 3.8) is 0 Å². The van der Waals surface area contributed by atoms with Gasteiger partial charge in [0.2, 0.25) is 0 Å². The van der Waals surface area contributed by atoms with Crippen LogP contribution in [0, 0.1) is 0 Å². The highest BCUT2D eigenvalue weighted by Crippen LogP contribution is 2.39. The van der Waals surface area contributed by atoms with E-state index in [1.165, 1.54) is 32.9 Å². The lowest BCUT2D eigenvalue weighted by atomic mass is 10.1. The molecule has 14 aromatic rings. The highest BCUT2D eigenvalue weighted by atomic mass is 32.1. The molecule has 2 saturated heterocycles. The number of cyclic esters (lactones) is 2. The normalized spacial score (nSPS) is 16.2. The monoisotopic (exact) mass is 2010 g/mol. The van der Waals surface area contributed by atoms with Gasteiger partial charge in [-0.25, -0.2) is 9.59 Å². The lowest BCUT2D eigenvalue weighted by Crippen LogP contribution is -2.32. The zero-order valence-corrected chi connectivity index (χ0v) is 82.5. The number of hydrogen-bond donors (Lipinski definition) is 4. The fraction of sp³-hybridized carbons (Fsp3) is 0.328. The van der Waals surface area contributed by atoms with Crippen LogP contribution in [0.25, 0.3) is 45.3 Å². The summed E-state index contributed by atoms with van der Waals surface area (Å²) in [7, 11) is 0. The number of H-pyrrole nitrogens is 2. The van der Waals surface area contributed by atoms with Gasteiger partial charge in [0.05, 0.1) is 59.7 Å². The van der Waals surface area contributed by atoms with Gasteiger partial charge >= 0.3 is 12.2 Å². The van der Waals surface area contributed by atoms with Crippen LogP contribution >= 0.6 is 23.1 Å². The number of carbonyl (C=O) groups is 8. The van der Waals surface area contributed by atoms with Crippen LogP contribution in [0.3, 0.4) is 0 Å². The third kappa shape index (κ3) is 29.5. The first-order valence-corrected chi connectivity index (χ1v) is 51.5. The number of imide groups is 2. The molecule has 2 unspecified atom stereocenters. The van der Waals surface area contributed by atoms with Crippen molar-refractivity contribution in [3.8, 4) is 68.3 Å². The number of aromatic amines is 2. The van der Waals surface area contributed by atoms with E-state index in [0.717, 1.165) is 163 Å². The molecule has 6 fully saturated rings. The smallest absolute Gasteiger partial charge is 0.414 e. The number of nitrogens with zero attached hydrogens (tertiary/aromatic N) is 4. The van der Waals surface area contributed by atoms with Crippen molar-refractivity contribution in [1.29, 1.82) is 0 Å². The van der Waals surface area contributed by atoms with Crippen molar-refractivity contribution >= 4 is 70.7 Å². The zero-order valence-electron chi connectivity index (χ0n) is 86.9. The second kappa shape index (κ2) is 51.3. The van der Waals surface area contributed by atoms with Gasteiger partial charge in [0.15, 0.2) is 12.2 Å². The lowest BCUT2D eigenvalue weighted by Gasteiger charge is -2.24. The molecule has 8 heterocycles. The Hall–Kier alpha value is -15.3. The summed E-state index contributed by atoms with van der Waals surface area (Å²) < 4.78 is 115. The van der Waals surface area contributed by atoms with Crippen molar-refractivity contribution in [2.24, 2.45) is 0 Å². The van der Waals surface area contributed by atoms with Gasteiger partial charge < -0.3 is 65.7 Å². The van der Waals surface area contributed by atoms with E-state index in [4.69, 9.17) is 54.3 Å². The number of furan rings is 4. The molecule has 28 nitrogen and oxygen atoms in total. The first-order chi connectivity index (χ1) is 73.7. The average Bonchev–Trinajstić information content (AvgIpc) is 1.57. The first kappa shape index (κ1) is 94.3. The maximum atomic E-state index is 13.6. The van der Waals surface area contributed by atoms with E-state index in [0.29, 0.717) is 146 Å². The minimum atomic E-state index is -2.09. The Morgan fingerprint density at radius 2 is 0.616 bits per heavy atom. The minimum absolute atomic E-state index is 0.0287. The van der Waals surface area contributed by atoms with Crippen LogP contribution in [-0.4, -0.2) is 139 Å². The molecular weight excluding hydrogens is 1890 g/mol. The van der Waals surface area contributed by atoms with Gasteiger partial charge in [-0.3, -0.25) is 57.7 Å². The van der Waals surface area contributed by atoms with Crippen LogP contribution in [0.15, 0.2) is 307 Å². The second-order valence-corrected chi connectivity index (χ2v) is 38.1. The molecule has 30 heteroatoms. The number of unbranched alkanes of at least 4 members (excludes halogenated alkanes) is 8. The zero-order chi connectivity index (χ0) is 106. The molecule has 146 heavy (non-hydrogen) atoms. The summed E-state index contributed by atoms with van der Waals surface area (Å²) in [6, 6.07) is 73.9. The number of benzene rings is 8. The highest BCUT2D eigenvalue weighted by Gasteiger charge is 2.39. The van der Waals surface area contributed by atoms with E-state index in [2.05, 4.69) is 19.4 Å². The van der Waals surface area contributed by atoms with Crippen molar-refractivity contribution in [2.45, 2.75) is 217 Å². The van der Waals surface area contributed by atoms with E-state index in [1.54, 1.807) is 156 Å². The molecule has 6 aliphatic rings. The second-order valence-electron chi connectivity index (χ2n) is 36.2. The summed E-state index contributed by atoms with van der Waals surface area (Å²) >= 11 is 2.78. The first-order valence-electron chi connectivity index (χ1n) is 52.8. The minimum Gasteiger partial charge on any atom is -0.493 e. The van der Waals surface area contributed by atoms with Gasteiger partial charge in [0.25, 0.3) is 46.6 Å². The maximum Gasteiger partial charge on any atom is 0.414 e. The number of alkyl carbamates (subject to hydrolysis) is 2. The Morgan fingerprint density at radius 3 is 0.884 bits per heavy atom. The number of para-hydroxylation sites is 4. The van der Waals surface area contributed by atoms with Gasteiger partial charge in [-0.15, -0.1) is 0 Å². The van der Waals surface area contributed by atoms with E-state index in [-0.39, 0.29) is 59.3 Å². The number of aryl methyl sites for hydroxylation is 2. The summed E-state index contributed by atoms with van der Waals surface area (Å²) in [5.41, 5.74) is 7.72. The van der Waals surface area contributed by atoms with Gasteiger partial charge in [-0.05, 0) is 275 Å². The number of amides is 8. The molecule has 8 amide bonds. The number of rotatable bonds is 48. The van der Waals surface area contributed by atoms with Gasteiger partial charge in [-0.2, -0.15) is 0 Å². The predicted molar refractivity (Wildman–Crippen MR) is 555 cm³/mol.